The number of hydrogen-bond acceptors (Lipinski definition) is 4. The van der Waals surface area contributed by atoms with Crippen LogP contribution >= 0.6 is 0 Å². The van der Waals surface area contributed by atoms with Gasteiger partial charge in [-0.25, -0.2) is 8.42 Å². The summed E-state index contributed by atoms with van der Waals surface area (Å²) in [6, 6.07) is 12.9. The van der Waals surface area contributed by atoms with Gasteiger partial charge in [0, 0.05) is 24.8 Å². The Morgan fingerprint density at radius 1 is 1.17 bits per heavy atom. The third-order valence-corrected chi connectivity index (χ3v) is 5.35. The molecule has 0 aliphatic carbocycles. The highest BCUT2D eigenvalue weighted by Crippen LogP contribution is 2.34. The second-order valence-electron chi connectivity index (χ2n) is 5.94. The summed E-state index contributed by atoms with van der Waals surface area (Å²) in [5.74, 6) is 0.0984. The van der Waals surface area contributed by atoms with Gasteiger partial charge in [-0.1, -0.05) is 30.3 Å². The molecular formula is C17H19NO4S. The molecule has 2 unspecified atom stereocenters. The number of benzene rings is 1. The maximum Gasteiger partial charge on any atom is 0.289 e. The Bertz CT molecular complexity index is 810. The Labute approximate surface area is 135 Å². The van der Waals surface area contributed by atoms with E-state index in [4.69, 9.17) is 4.42 Å². The van der Waals surface area contributed by atoms with Crippen LogP contribution in [0.15, 0.2) is 52.0 Å². The summed E-state index contributed by atoms with van der Waals surface area (Å²) in [7, 11) is -3.44. The van der Waals surface area contributed by atoms with E-state index in [9.17, 15) is 13.2 Å². The lowest BCUT2D eigenvalue weighted by Crippen LogP contribution is -2.35. The van der Waals surface area contributed by atoms with E-state index in [2.05, 4.69) is 12.1 Å². The number of likely N-dealkylation sites (tertiary alicyclic amines) is 1. The fraction of sp³-hybridized carbons (Fsp3) is 0.353. The van der Waals surface area contributed by atoms with Crippen molar-refractivity contribution in [2.75, 3.05) is 12.8 Å². The van der Waals surface area contributed by atoms with Crippen molar-refractivity contribution in [1.82, 2.24) is 4.90 Å². The Kier molecular flexibility index (Phi) is 4.02. The molecule has 23 heavy (non-hydrogen) atoms. The maximum absolute atomic E-state index is 12.6. The molecule has 1 amide bonds. The first-order valence-corrected chi connectivity index (χ1v) is 9.43. The highest BCUT2D eigenvalue weighted by atomic mass is 32.2. The van der Waals surface area contributed by atoms with Crippen molar-refractivity contribution in [3.05, 3.63) is 53.8 Å². The summed E-state index contributed by atoms with van der Waals surface area (Å²) in [4.78, 5) is 14.4. The summed E-state index contributed by atoms with van der Waals surface area (Å²) >= 11 is 0. The SMILES string of the molecule is CC1C(c2ccccc2)CCN1C(=O)c1ccc(S(C)(=O)=O)o1. The Morgan fingerprint density at radius 3 is 2.48 bits per heavy atom. The van der Waals surface area contributed by atoms with Crippen LogP contribution in [-0.4, -0.2) is 38.1 Å². The van der Waals surface area contributed by atoms with Crippen LogP contribution < -0.4 is 0 Å². The number of amides is 1. The number of nitrogens with zero attached hydrogens (tertiary/aromatic N) is 1. The molecule has 0 bridgehead atoms. The molecule has 122 valence electrons. The van der Waals surface area contributed by atoms with E-state index >= 15 is 0 Å². The first-order chi connectivity index (χ1) is 10.9. The molecule has 2 aromatic rings. The van der Waals surface area contributed by atoms with E-state index < -0.39 is 9.84 Å². The van der Waals surface area contributed by atoms with Crippen LogP contribution in [0.2, 0.25) is 0 Å². The normalized spacial score (nSPS) is 21.6. The summed E-state index contributed by atoms with van der Waals surface area (Å²) in [6.45, 7) is 2.65. The van der Waals surface area contributed by atoms with Crippen LogP contribution in [0, 0.1) is 0 Å². The molecular weight excluding hydrogens is 314 g/mol. The van der Waals surface area contributed by atoms with Crippen LogP contribution in [-0.2, 0) is 9.84 Å². The molecule has 0 radical (unpaired) electrons. The van der Waals surface area contributed by atoms with Crippen molar-refractivity contribution < 1.29 is 17.6 Å². The Hall–Kier alpha value is -2.08. The van der Waals surface area contributed by atoms with Gasteiger partial charge in [-0.15, -0.1) is 0 Å². The zero-order chi connectivity index (χ0) is 16.6. The molecule has 6 heteroatoms. The number of carbonyl (C=O) groups is 1. The zero-order valence-electron chi connectivity index (χ0n) is 13.1. The minimum atomic E-state index is -3.44. The predicted octanol–water partition coefficient (Wildman–Crippen LogP) is 2.70. The lowest BCUT2D eigenvalue weighted by atomic mass is 9.93. The van der Waals surface area contributed by atoms with E-state index in [1.807, 2.05) is 25.1 Å². The van der Waals surface area contributed by atoms with Gasteiger partial charge in [0.2, 0.25) is 14.9 Å². The standard InChI is InChI=1S/C17H19NO4S/c1-12-14(13-6-4-3-5-7-13)10-11-18(12)17(19)15-8-9-16(22-15)23(2,20)21/h3-9,12,14H,10-11H2,1-2H3. The van der Waals surface area contributed by atoms with Gasteiger partial charge in [-0.3, -0.25) is 4.79 Å². The molecule has 1 saturated heterocycles. The van der Waals surface area contributed by atoms with Crippen LogP contribution in [0.4, 0.5) is 0 Å². The number of carbonyl (C=O) groups excluding carboxylic acids is 1. The number of furan rings is 1. The first kappa shape index (κ1) is 15.8. The highest BCUT2D eigenvalue weighted by molar-refractivity contribution is 7.90. The van der Waals surface area contributed by atoms with Gasteiger partial charge in [-0.2, -0.15) is 0 Å². The van der Waals surface area contributed by atoms with E-state index in [0.29, 0.717) is 6.54 Å². The summed E-state index contributed by atoms with van der Waals surface area (Å²) in [5.41, 5.74) is 1.21. The average molecular weight is 333 g/mol. The average Bonchev–Trinajstić information content (AvgIpc) is 3.14. The van der Waals surface area contributed by atoms with E-state index in [1.54, 1.807) is 4.90 Å². The molecule has 1 aromatic carbocycles. The fourth-order valence-corrected chi connectivity index (χ4v) is 3.70. The Balaban J connectivity index is 1.80. The van der Waals surface area contributed by atoms with E-state index in [0.717, 1.165) is 12.7 Å². The molecule has 1 aromatic heterocycles. The molecule has 0 spiro atoms. The lowest BCUT2D eigenvalue weighted by molar-refractivity contribution is 0.0704. The lowest BCUT2D eigenvalue weighted by Gasteiger charge is -2.24. The van der Waals surface area contributed by atoms with Crippen LogP contribution in [0.1, 0.15) is 35.4 Å². The third kappa shape index (κ3) is 3.03. The van der Waals surface area contributed by atoms with Crippen LogP contribution in [0.25, 0.3) is 0 Å². The molecule has 0 saturated carbocycles. The van der Waals surface area contributed by atoms with Crippen LogP contribution in [0.5, 0.6) is 0 Å². The second kappa shape index (κ2) is 5.85. The number of hydrogen-bond donors (Lipinski definition) is 0. The predicted molar refractivity (Wildman–Crippen MR) is 86.1 cm³/mol. The van der Waals surface area contributed by atoms with Crippen molar-refractivity contribution in [2.45, 2.75) is 30.4 Å². The monoisotopic (exact) mass is 333 g/mol. The largest absolute Gasteiger partial charge is 0.440 e. The van der Waals surface area contributed by atoms with Gasteiger partial charge >= 0.3 is 0 Å². The minimum absolute atomic E-state index is 0.0386. The summed E-state index contributed by atoms with van der Waals surface area (Å²) in [6.07, 6.45) is 1.95. The zero-order valence-corrected chi connectivity index (χ0v) is 13.9. The third-order valence-electron chi connectivity index (χ3n) is 4.40. The van der Waals surface area contributed by atoms with Crippen LogP contribution in [0.3, 0.4) is 0 Å². The minimum Gasteiger partial charge on any atom is -0.440 e. The second-order valence-corrected chi connectivity index (χ2v) is 7.88. The fourth-order valence-electron chi connectivity index (χ4n) is 3.15. The topological polar surface area (TPSA) is 67.6 Å². The van der Waals surface area contributed by atoms with Gasteiger partial charge < -0.3 is 9.32 Å². The van der Waals surface area contributed by atoms with Crippen molar-refractivity contribution in [3.63, 3.8) is 0 Å². The molecule has 3 rings (SSSR count). The van der Waals surface area contributed by atoms with Crippen molar-refractivity contribution >= 4 is 15.7 Å². The molecule has 1 aliphatic rings. The smallest absolute Gasteiger partial charge is 0.289 e. The molecule has 5 nitrogen and oxygen atoms in total. The van der Waals surface area contributed by atoms with Crippen molar-refractivity contribution in [2.24, 2.45) is 0 Å². The quantitative estimate of drug-likeness (QED) is 0.866. The first-order valence-electron chi connectivity index (χ1n) is 7.54. The van der Waals surface area contributed by atoms with Gasteiger partial charge in [0.25, 0.3) is 5.91 Å². The van der Waals surface area contributed by atoms with Crippen molar-refractivity contribution in [3.8, 4) is 0 Å². The molecule has 1 aliphatic heterocycles. The number of sulfone groups is 1. The van der Waals surface area contributed by atoms with Gasteiger partial charge in [0.15, 0.2) is 5.76 Å². The van der Waals surface area contributed by atoms with E-state index in [-0.39, 0.29) is 28.7 Å². The highest BCUT2D eigenvalue weighted by Gasteiger charge is 2.36. The molecule has 0 N–H and O–H groups in total. The van der Waals surface area contributed by atoms with Gasteiger partial charge in [0.05, 0.1) is 0 Å². The number of rotatable bonds is 3. The molecule has 2 atom stereocenters. The summed E-state index contributed by atoms with van der Waals surface area (Å²) in [5, 5.41) is -0.174. The summed E-state index contributed by atoms with van der Waals surface area (Å²) < 4.78 is 28.2. The van der Waals surface area contributed by atoms with Gasteiger partial charge in [-0.05, 0) is 31.0 Å². The van der Waals surface area contributed by atoms with Gasteiger partial charge in [0.1, 0.15) is 0 Å². The van der Waals surface area contributed by atoms with E-state index in [1.165, 1.54) is 17.7 Å². The molecule has 2 heterocycles. The van der Waals surface area contributed by atoms with Crippen molar-refractivity contribution in [1.29, 1.82) is 0 Å². The maximum atomic E-state index is 12.6. The Morgan fingerprint density at radius 2 is 1.87 bits per heavy atom. The molecule has 1 fully saturated rings.